The summed E-state index contributed by atoms with van der Waals surface area (Å²) >= 11 is 0. The van der Waals surface area contributed by atoms with E-state index in [4.69, 9.17) is 0 Å². The summed E-state index contributed by atoms with van der Waals surface area (Å²) in [6, 6.07) is 7.90. The average Bonchev–Trinajstić information content (AvgIpc) is 2.47. The largest absolute Gasteiger partial charge is 0.382 e. The van der Waals surface area contributed by atoms with Crippen LogP contribution in [0.5, 0.6) is 0 Å². The predicted octanol–water partition coefficient (Wildman–Crippen LogP) is 3.74. The van der Waals surface area contributed by atoms with E-state index in [0.29, 0.717) is 6.04 Å². The Kier molecular flexibility index (Phi) is 5.47. The van der Waals surface area contributed by atoms with E-state index >= 15 is 0 Å². The van der Waals surface area contributed by atoms with E-state index < -0.39 is 0 Å². The highest BCUT2D eigenvalue weighted by molar-refractivity contribution is 5.89. The van der Waals surface area contributed by atoms with Crippen molar-refractivity contribution in [1.82, 2.24) is 5.32 Å². The summed E-state index contributed by atoms with van der Waals surface area (Å²) in [5.41, 5.74) is 1.82. The lowest BCUT2D eigenvalue weighted by Gasteiger charge is -2.22. The molecule has 0 aliphatic heterocycles. The Morgan fingerprint density at radius 1 is 1.15 bits per heavy atom. The van der Waals surface area contributed by atoms with Gasteiger partial charge in [0.15, 0.2) is 0 Å². The van der Waals surface area contributed by atoms with Crippen LogP contribution in [0.3, 0.4) is 0 Å². The van der Waals surface area contributed by atoms with E-state index in [9.17, 15) is 4.79 Å². The number of carbonyl (C=O) groups is 1. The lowest BCUT2D eigenvalue weighted by Crippen LogP contribution is -2.38. The second-order valence-electron chi connectivity index (χ2n) is 5.18. The van der Waals surface area contributed by atoms with Gasteiger partial charge in [0.25, 0.3) is 0 Å². The van der Waals surface area contributed by atoms with Crippen molar-refractivity contribution in [3.63, 3.8) is 0 Å². The molecule has 2 rings (SSSR count). The van der Waals surface area contributed by atoms with Crippen molar-refractivity contribution in [3.05, 3.63) is 36.9 Å². The molecule has 0 spiro atoms. The number of urea groups is 1. The molecule has 0 unspecified atom stereocenters. The SMILES string of the molecule is C=CCNc1ccc(NC(=O)NC2CCCCC2)cc1. The number of benzene rings is 1. The second-order valence-corrected chi connectivity index (χ2v) is 5.18. The van der Waals surface area contributed by atoms with E-state index in [-0.39, 0.29) is 6.03 Å². The molecule has 0 saturated heterocycles. The van der Waals surface area contributed by atoms with Gasteiger partial charge >= 0.3 is 6.03 Å². The molecule has 4 nitrogen and oxygen atoms in total. The van der Waals surface area contributed by atoms with Crippen LogP contribution in [0.1, 0.15) is 32.1 Å². The van der Waals surface area contributed by atoms with Gasteiger partial charge in [-0.15, -0.1) is 6.58 Å². The zero-order valence-corrected chi connectivity index (χ0v) is 11.8. The predicted molar refractivity (Wildman–Crippen MR) is 84.2 cm³/mol. The Morgan fingerprint density at radius 3 is 2.45 bits per heavy atom. The average molecular weight is 273 g/mol. The van der Waals surface area contributed by atoms with Crippen LogP contribution in [-0.4, -0.2) is 18.6 Å². The van der Waals surface area contributed by atoms with Crippen molar-refractivity contribution in [3.8, 4) is 0 Å². The molecule has 0 aromatic heterocycles. The lowest BCUT2D eigenvalue weighted by atomic mass is 9.96. The summed E-state index contributed by atoms with van der Waals surface area (Å²) in [7, 11) is 0. The van der Waals surface area contributed by atoms with Gasteiger partial charge in [0.1, 0.15) is 0 Å². The highest BCUT2D eigenvalue weighted by atomic mass is 16.2. The summed E-state index contributed by atoms with van der Waals surface area (Å²) in [5, 5.41) is 9.11. The van der Waals surface area contributed by atoms with Crippen LogP contribution in [-0.2, 0) is 0 Å². The maximum atomic E-state index is 11.9. The van der Waals surface area contributed by atoms with Gasteiger partial charge in [-0.05, 0) is 37.1 Å². The molecule has 1 aromatic rings. The first kappa shape index (κ1) is 14.4. The summed E-state index contributed by atoms with van der Waals surface area (Å²) < 4.78 is 0. The minimum absolute atomic E-state index is 0.108. The van der Waals surface area contributed by atoms with Gasteiger partial charge in [-0.25, -0.2) is 4.79 Å². The molecule has 0 radical (unpaired) electrons. The molecule has 1 aliphatic carbocycles. The fourth-order valence-corrected chi connectivity index (χ4v) is 2.46. The maximum absolute atomic E-state index is 11.9. The molecule has 2 amide bonds. The number of carbonyl (C=O) groups excluding carboxylic acids is 1. The third-order valence-electron chi connectivity index (χ3n) is 3.53. The minimum atomic E-state index is -0.108. The molecule has 1 fully saturated rings. The van der Waals surface area contributed by atoms with E-state index in [1.165, 1.54) is 19.3 Å². The molecule has 4 heteroatoms. The molecule has 1 saturated carbocycles. The van der Waals surface area contributed by atoms with E-state index in [2.05, 4.69) is 22.5 Å². The number of nitrogens with one attached hydrogen (secondary N) is 3. The Labute approximate surface area is 120 Å². The summed E-state index contributed by atoms with van der Waals surface area (Å²) in [4.78, 5) is 11.9. The van der Waals surface area contributed by atoms with Crippen molar-refractivity contribution in [2.45, 2.75) is 38.1 Å². The highest BCUT2D eigenvalue weighted by Gasteiger charge is 2.15. The first-order valence-electron chi connectivity index (χ1n) is 7.30. The van der Waals surface area contributed by atoms with Gasteiger partial charge in [-0.3, -0.25) is 0 Å². The van der Waals surface area contributed by atoms with Gasteiger partial charge in [0, 0.05) is 24.0 Å². The van der Waals surface area contributed by atoms with Crippen LogP contribution >= 0.6 is 0 Å². The van der Waals surface area contributed by atoms with Crippen LogP contribution in [0.2, 0.25) is 0 Å². The highest BCUT2D eigenvalue weighted by Crippen LogP contribution is 2.18. The third-order valence-corrected chi connectivity index (χ3v) is 3.53. The van der Waals surface area contributed by atoms with Gasteiger partial charge in [0.05, 0.1) is 0 Å². The molecule has 3 N–H and O–H groups in total. The quantitative estimate of drug-likeness (QED) is 0.716. The zero-order valence-electron chi connectivity index (χ0n) is 11.8. The Bertz CT molecular complexity index is 436. The van der Waals surface area contributed by atoms with Crippen molar-refractivity contribution < 1.29 is 4.79 Å². The number of hydrogen-bond donors (Lipinski definition) is 3. The van der Waals surface area contributed by atoms with E-state index in [1.807, 2.05) is 30.3 Å². The molecular formula is C16H23N3O. The van der Waals surface area contributed by atoms with Crippen LogP contribution in [0.4, 0.5) is 16.2 Å². The van der Waals surface area contributed by atoms with Crippen molar-refractivity contribution in [2.75, 3.05) is 17.2 Å². The minimum Gasteiger partial charge on any atom is -0.382 e. The van der Waals surface area contributed by atoms with Crippen LogP contribution in [0, 0.1) is 0 Å². The topological polar surface area (TPSA) is 53.2 Å². The smallest absolute Gasteiger partial charge is 0.319 e. The molecule has 0 bridgehead atoms. The lowest BCUT2D eigenvalue weighted by molar-refractivity contribution is 0.244. The first-order chi connectivity index (χ1) is 9.78. The van der Waals surface area contributed by atoms with Crippen LogP contribution in [0.15, 0.2) is 36.9 Å². The fraction of sp³-hybridized carbons (Fsp3) is 0.438. The third kappa shape index (κ3) is 4.61. The second kappa shape index (κ2) is 7.58. The fourth-order valence-electron chi connectivity index (χ4n) is 2.46. The standard InChI is InChI=1S/C16H23N3O/c1-2-12-17-13-8-10-15(11-9-13)19-16(20)18-14-6-4-3-5-7-14/h2,8-11,14,17H,1,3-7,12H2,(H2,18,19,20). The number of anilines is 2. The summed E-state index contributed by atoms with van der Waals surface area (Å²) in [6.07, 6.45) is 7.72. The van der Waals surface area contributed by atoms with E-state index in [1.54, 1.807) is 0 Å². The number of hydrogen-bond acceptors (Lipinski definition) is 2. The Hall–Kier alpha value is -1.97. The van der Waals surface area contributed by atoms with Crippen LogP contribution in [0.25, 0.3) is 0 Å². The Morgan fingerprint density at radius 2 is 1.80 bits per heavy atom. The van der Waals surface area contributed by atoms with Gasteiger partial charge in [-0.2, -0.15) is 0 Å². The summed E-state index contributed by atoms with van der Waals surface area (Å²) in [5.74, 6) is 0. The molecule has 0 heterocycles. The molecule has 20 heavy (non-hydrogen) atoms. The molecule has 1 aromatic carbocycles. The Balaban J connectivity index is 1.79. The van der Waals surface area contributed by atoms with Gasteiger partial charge < -0.3 is 16.0 Å². The van der Waals surface area contributed by atoms with Crippen molar-refractivity contribution in [1.29, 1.82) is 0 Å². The summed E-state index contributed by atoms with van der Waals surface area (Å²) in [6.45, 7) is 4.39. The zero-order chi connectivity index (χ0) is 14.2. The van der Waals surface area contributed by atoms with E-state index in [0.717, 1.165) is 30.8 Å². The van der Waals surface area contributed by atoms with Gasteiger partial charge in [0.2, 0.25) is 0 Å². The molecular weight excluding hydrogens is 250 g/mol. The van der Waals surface area contributed by atoms with Crippen molar-refractivity contribution >= 4 is 17.4 Å². The molecule has 1 aliphatic rings. The van der Waals surface area contributed by atoms with Gasteiger partial charge in [-0.1, -0.05) is 25.3 Å². The maximum Gasteiger partial charge on any atom is 0.319 e. The van der Waals surface area contributed by atoms with Crippen LogP contribution < -0.4 is 16.0 Å². The molecule has 108 valence electrons. The number of amides is 2. The monoisotopic (exact) mass is 273 g/mol. The first-order valence-corrected chi connectivity index (χ1v) is 7.30. The normalized spacial score (nSPS) is 15.4. The number of rotatable bonds is 5. The van der Waals surface area contributed by atoms with Crippen molar-refractivity contribution in [2.24, 2.45) is 0 Å². The molecule has 0 atom stereocenters.